The zero-order valence-corrected chi connectivity index (χ0v) is 44.9. The molecule has 0 aliphatic heterocycles. The number of allylic oxidation sites excluding steroid dienone is 28. The van der Waals surface area contributed by atoms with Crippen molar-refractivity contribution in [2.75, 3.05) is 13.2 Å². The third-order valence-corrected chi connectivity index (χ3v) is 10.7. The van der Waals surface area contributed by atoms with E-state index in [1.807, 2.05) is 0 Å². The van der Waals surface area contributed by atoms with Crippen LogP contribution in [0, 0.1) is 0 Å². The van der Waals surface area contributed by atoms with Gasteiger partial charge in [-0.1, -0.05) is 210 Å². The molecule has 0 aromatic carbocycles. The second kappa shape index (κ2) is 57.3. The second-order valence-corrected chi connectivity index (χ2v) is 17.3. The fourth-order valence-corrected chi connectivity index (χ4v) is 6.67. The number of carbonyl (C=O) groups is 3. The second-order valence-electron chi connectivity index (χ2n) is 17.3. The maximum atomic E-state index is 12.8. The molecule has 0 heterocycles. The van der Waals surface area contributed by atoms with E-state index < -0.39 is 6.10 Å². The monoisotopic (exact) mass is 975 g/mol. The summed E-state index contributed by atoms with van der Waals surface area (Å²) in [6.07, 6.45) is 84.8. The van der Waals surface area contributed by atoms with Crippen LogP contribution in [0.25, 0.3) is 0 Å². The van der Waals surface area contributed by atoms with Gasteiger partial charge in [-0.2, -0.15) is 0 Å². The van der Waals surface area contributed by atoms with Crippen molar-refractivity contribution in [3.05, 3.63) is 170 Å². The van der Waals surface area contributed by atoms with E-state index in [9.17, 15) is 14.4 Å². The molecule has 0 aromatic rings. The predicted molar refractivity (Wildman–Crippen MR) is 306 cm³/mol. The fraction of sp³-hybridized carbons (Fsp3) is 0.523. The van der Waals surface area contributed by atoms with Crippen molar-refractivity contribution in [1.29, 1.82) is 0 Å². The molecular weight excluding hydrogens is 877 g/mol. The Hall–Kier alpha value is -5.23. The Labute approximate surface area is 434 Å². The van der Waals surface area contributed by atoms with Crippen LogP contribution in [-0.4, -0.2) is 37.2 Å². The highest BCUT2D eigenvalue weighted by Crippen LogP contribution is 2.11. The van der Waals surface area contributed by atoms with Crippen LogP contribution in [0.3, 0.4) is 0 Å². The first-order chi connectivity index (χ1) is 35.0. The van der Waals surface area contributed by atoms with Gasteiger partial charge in [-0.05, 0) is 141 Å². The summed E-state index contributed by atoms with van der Waals surface area (Å²) in [4.78, 5) is 38.1. The highest BCUT2D eigenvalue weighted by Gasteiger charge is 2.19. The Morgan fingerprint density at radius 2 is 0.521 bits per heavy atom. The molecule has 0 aliphatic carbocycles. The largest absolute Gasteiger partial charge is 0.462 e. The summed E-state index contributed by atoms with van der Waals surface area (Å²) >= 11 is 0. The lowest BCUT2D eigenvalue weighted by Gasteiger charge is -2.18. The molecule has 0 radical (unpaired) electrons. The molecule has 394 valence electrons. The summed E-state index contributed by atoms with van der Waals surface area (Å²) in [5.74, 6) is -1.06. The summed E-state index contributed by atoms with van der Waals surface area (Å²) in [6.45, 7) is 6.17. The van der Waals surface area contributed by atoms with Crippen LogP contribution in [0.4, 0.5) is 0 Å². The van der Waals surface area contributed by atoms with Gasteiger partial charge in [0.15, 0.2) is 6.10 Å². The van der Waals surface area contributed by atoms with Gasteiger partial charge in [-0.25, -0.2) is 0 Å². The van der Waals surface area contributed by atoms with Gasteiger partial charge in [0, 0.05) is 19.3 Å². The molecule has 0 rings (SSSR count). The lowest BCUT2D eigenvalue weighted by atomic mass is 10.1. The Bertz CT molecular complexity index is 1690. The van der Waals surface area contributed by atoms with E-state index in [-0.39, 0.29) is 44.0 Å². The molecule has 6 nitrogen and oxygen atoms in total. The molecule has 0 saturated heterocycles. The molecule has 0 aliphatic rings. The minimum absolute atomic E-state index is 0.132. The van der Waals surface area contributed by atoms with Crippen LogP contribution in [0.5, 0.6) is 0 Å². The van der Waals surface area contributed by atoms with Crippen molar-refractivity contribution in [2.45, 2.75) is 207 Å². The van der Waals surface area contributed by atoms with Gasteiger partial charge in [0.05, 0.1) is 0 Å². The van der Waals surface area contributed by atoms with Crippen molar-refractivity contribution >= 4 is 17.9 Å². The van der Waals surface area contributed by atoms with Crippen molar-refractivity contribution in [3.63, 3.8) is 0 Å². The van der Waals surface area contributed by atoms with Crippen LogP contribution in [0.2, 0.25) is 0 Å². The average molecular weight is 975 g/mol. The molecule has 0 fully saturated rings. The smallest absolute Gasteiger partial charge is 0.306 e. The van der Waals surface area contributed by atoms with Crippen molar-refractivity contribution in [1.82, 2.24) is 0 Å². The van der Waals surface area contributed by atoms with Crippen LogP contribution in [-0.2, 0) is 28.6 Å². The summed E-state index contributed by atoms with van der Waals surface area (Å²) < 4.78 is 16.7. The minimum atomic E-state index is -0.838. The van der Waals surface area contributed by atoms with Gasteiger partial charge < -0.3 is 14.2 Å². The van der Waals surface area contributed by atoms with Gasteiger partial charge in [0.2, 0.25) is 0 Å². The molecule has 0 aromatic heterocycles. The van der Waals surface area contributed by atoms with Gasteiger partial charge in [0.25, 0.3) is 0 Å². The summed E-state index contributed by atoms with van der Waals surface area (Å²) in [6, 6.07) is 0. The standard InChI is InChI=1S/C65H98O6/c1-4-7-10-13-16-19-22-25-28-31-32-35-37-40-43-46-49-52-55-58-64(67)70-61-62(71-65(68)59-56-53-50-47-44-41-38-34-30-27-24-21-18-15-12-9-6-3)60-69-63(66)57-54-51-48-45-42-39-36-33-29-26-23-20-17-14-11-8-5-2/h7-12,16-21,25-30,32,35-36,38-41,43,45,48,62H,4-6,13-15,22-24,31,33-34,37,42,44,46-47,49-61H2,1-3H3/b10-7-,11-8-,12-9-,19-16-,20-17-,21-18-,28-25-,29-26-,30-27-,35-32-,39-36-,41-38-,43-40-,48-45-/t62-/m0/s1. The molecular formula is C65H98O6. The third-order valence-electron chi connectivity index (χ3n) is 10.7. The highest BCUT2D eigenvalue weighted by atomic mass is 16.6. The molecule has 71 heavy (non-hydrogen) atoms. The van der Waals surface area contributed by atoms with E-state index in [2.05, 4.69) is 191 Å². The van der Waals surface area contributed by atoms with E-state index in [1.54, 1.807) is 0 Å². The third kappa shape index (κ3) is 55.6. The zero-order valence-electron chi connectivity index (χ0n) is 44.9. The van der Waals surface area contributed by atoms with E-state index in [1.165, 1.54) is 0 Å². The molecule has 0 saturated carbocycles. The molecule has 0 bridgehead atoms. The minimum Gasteiger partial charge on any atom is -0.462 e. The van der Waals surface area contributed by atoms with Crippen LogP contribution in [0.15, 0.2) is 170 Å². The van der Waals surface area contributed by atoms with E-state index in [0.29, 0.717) is 12.8 Å². The average Bonchev–Trinajstić information content (AvgIpc) is 3.37. The summed E-state index contributed by atoms with van der Waals surface area (Å²) in [7, 11) is 0. The van der Waals surface area contributed by atoms with Gasteiger partial charge >= 0.3 is 17.9 Å². The van der Waals surface area contributed by atoms with E-state index in [4.69, 9.17) is 14.2 Å². The predicted octanol–water partition coefficient (Wildman–Crippen LogP) is 18.8. The van der Waals surface area contributed by atoms with Gasteiger partial charge in [-0.3, -0.25) is 14.4 Å². The van der Waals surface area contributed by atoms with Crippen LogP contribution < -0.4 is 0 Å². The topological polar surface area (TPSA) is 78.9 Å². The summed E-state index contributed by atoms with van der Waals surface area (Å²) in [5.41, 5.74) is 0. The number of carbonyl (C=O) groups excluding carboxylic acids is 3. The Kier molecular flexibility index (Phi) is 53.1. The maximum absolute atomic E-state index is 12.8. The van der Waals surface area contributed by atoms with E-state index >= 15 is 0 Å². The normalized spacial score (nSPS) is 13.5. The zero-order chi connectivity index (χ0) is 51.4. The molecule has 6 heteroatoms. The van der Waals surface area contributed by atoms with Gasteiger partial charge in [-0.15, -0.1) is 0 Å². The fourth-order valence-electron chi connectivity index (χ4n) is 6.67. The lowest BCUT2D eigenvalue weighted by molar-refractivity contribution is -0.167. The Morgan fingerprint density at radius 3 is 0.845 bits per heavy atom. The van der Waals surface area contributed by atoms with Crippen LogP contribution >= 0.6 is 0 Å². The first kappa shape index (κ1) is 65.8. The number of rotatable bonds is 47. The first-order valence-electron chi connectivity index (χ1n) is 27.6. The van der Waals surface area contributed by atoms with Crippen molar-refractivity contribution in [3.8, 4) is 0 Å². The summed E-state index contributed by atoms with van der Waals surface area (Å²) in [5, 5.41) is 0. The number of esters is 3. The molecule has 0 amide bonds. The maximum Gasteiger partial charge on any atom is 0.306 e. The number of unbranched alkanes of at least 4 members (excludes halogenated alkanes) is 8. The highest BCUT2D eigenvalue weighted by molar-refractivity contribution is 5.71. The molecule has 0 spiro atoms. The van der Waals surface area contributed by atoms with Crippen LogP contribution in [0.1, 0.15) is 201 Å². The Morgan fingerprint density at radius 1 is 0.282 bits per heavy atom. The first-order valence-corrected chi connectivity index (χ1v) is 27.6. The van der Waals surface area contributed by atoms with Gasteiger partial charge in [0.1, 0.15) is 13.2 Å². The number of hydrogen-bond donors (Lipinski definition) is 0. The quantitative estimate of drug-likeness (QED) is 0.0262. The SMILES string of the molecule is CC/C=C\C/C=C\C/C=C\C/C=C\C/C=C\CCCCCC(=O)OC[C@H](COC(=O)CCC/C=C\C/C=C\C/C=C\C/C=C\C/C=C\CC)OC(=O)CCCCCC/C=C\C/C=C\C/C=C\C/C=C\CC. The lowest BCUT2D eigenvalue weighted by Crippen LogP contribution is -2.30. The molecule has 0 N–H and O–H groups in total. The Balaban J connectivity index is 4.63. The van der Waals surface area contributed by atoms with E-state index in [0.717, 1.165) is 154 Å². The van der Waals surface area contributed by atoms with Crippen molar-refractivity contribution < 1.29 is 28.6 Å². The number of hydrogen-bond acceptors (Lipinski definition) is 6. The number of ether oxygens (including phenoxy) is 3. The molecule has 0 unspecified atom stereocenters. The molecule has 1 atom stereocenters. The van der Waals surface area contributed by atoms with Crippen molar-refractivity contribution in [2.24, 2.45) is 0 Å².